The Kier molecular flexibility index (Phi) is 3.36. The Morgan fingerprint density at radius 1 is 1.28 bits per heavy atom. The van der Waals surface area contributed by atoms with Crippen molar-refractivity contribution in [3.8, 4) is 5.75 Å². The molecule has 0 aliphatic carbocycles. The SMILES string of the molecule is O=C1N[C@]2(CS1)Oc1ccc(Br)cc1[C@H]1CC(c3ccccc3)=NN12. The quantitative estimate of drug-likeness (QED) is 0.761. The topological polar surface area (TPSA) is 53.9 Å². The summed E-state index contributed by atoms with van der Waals surface area (Å²) < 4.78 is 7.25. The van der Waals surface area contributed by atoms with Crippen molar-refractivity contribution in [3.63, 3.8) is 0 Å². The lowest BCUT2D eigenvalue weighted by atomic mass is 9.96. The van der Waals surface area contributed by atoms with E-state index in [4.69, 9.17) is 9.84 Å². The van der Waals surface area contributed by atoms with Crippen LogP contribution in [0.2, 0.25) is 0 Å². The van der Waals surface area contributed by atoms with E-state index in [1.54, 1.807) is 0 Å². The summed E-state index contributed by atoms with van der Waals surface area (Å²) in [6, 6.07) is 16.2. The fraction of sp³-hybridized carbons (Fsp3) is 0.222. The lowest BCUT2D eigenvalue weighted by Crippen LogP contribution is -2.62. The molecule has 3 aliphatic heterocycles. The summed E-state index contributed by atoms with van der Waals surface area (Å²) >= 11 is 4.78. The zero-order valence-corrected chi connectivity index (χ0v) is 15.5. The maximum absolute atomic E-state index is 11.9. The number of ether oxygens (including phenoxy) is 1. The van der Waals surface area contributed by atoms with E-state index >= 15 is 0 Å². The number of thioether (sulfide) groups is 1. The highest BCUT2D eigenvalue weighted by Crippen LogP contribution is 2.48. The molecular formula is C18H14BrN3O2S. The molecule has 126 valence electrons. The van der Waals surface area contributed by atoms with Crippen molar-refractivity contribution in [3.05, 3.63) is 64.1 Å². The van der Waals surface area contributed by atoms with Gasteiger partial charge >= 0.3 is 0 Å². The van der Waals surface area contributed by atoms with Crippen molar-refractivity contribution in [1.82, 2.24) is 10.3 Å². The number of halogens is 1. The minimum atomic E-state index is -0.913. The van der Waals surface area contributed by atoms with Gasteiger partial charge in [-0.05, 0) is 23.8 Å². The summed E-state index contributed by atoms with van der Waals surface area (Å²) in [6.07, 6.45) is 0.777. The van der Waals surface area contributed by atoms with Crippen molar-refractivity contribution >= 4 is 38.6 Å². The fourth-order valence-corrected chi connectivity index (χ4v) is 4.77. The molecule has 3 heterocycles. The molecule has 1 N–H and O–H groups in total. The fourth-order valence-electron chi connectivity index (χ4n) is 3.57. The summed E-state index contributed by atoms with van der Waals surface area (Å²) in [5.41, 5.74) is 3.19. The van der Waals surface area contributed by atoms with E-state index in [0.717, 1.165) is 33.5 Å². The highest BCUT2D eigenvalue weighted by Gasteiger charge is 2.55. The van der Waals surface area contributed by atoms with E-state index in [1.165, 1.54) is 11.8 Å². The summed E-state index contributed by atoms with van der Waals surface area (Å²) in [5, 5.41) is 9.69. The second-order valence-corrected chi connectivity index (χ2v) is 8.11. The van der Waals surface area contributed by atoms with Gasteiger partial charge in [-0.3, -0.25) is 10.1 Å². The van der Waals surface area contributed by atoms with Gasteiger partial charge < -0.3 is 4.74 Å². The van der Waals surface area contributed by atoms with Crippen LogP contribution < -0.4 is 10.1 Å². The molecule has 5 nitrogen and oxygen atoms in total. The second kappa shape index (κ2) is 5.51. The Bertz CT molecular complexity index is 904. The van der Waals surface area contributed by atoms with Crippen LogP contribution in [-0.2, 0) is 0 Å². The molecule has 0 aromatic heterocycles. The molecule has 5 rings (SSSR count). The second-order valence-electron chi connectivity index (χ2n) is 6.25. The Labute approximate surface area is 157 Å². The van der Waals surface area contributed by atoms with Crippen LogP contribution in [0.3, 0.4) is 0 Å². The van der Waals surface area contributed by atoms with Crippen LogP contribution >= 0.6 is 27.7 Å². The number of nitrogens with zero attached hydrogens (tertiary/aromatic N) is 2. The van der Waals surface area contributed by atoms with Gasteiger partial charge in [-0.2, -0.15) is 5.10 Å². The minimum absolute atomic E-state index is 0.0375. The lowest BCUT2D eigenvalue weighted by molar-refractivity contribution is -0.111. The monoisotopic (exact) mass is 415 g/mol. The van der Waals surface area contributed by atoms with E-state index in [1.807, 2.05) is 35.3 Å². The van der Waals surface area contributed by atoms with Gasteiger partial charge in [0, 0.05) is 16.5 Å². The molecule has 7 heteroatoms. The predicted octanol–water partition coefficient (Wildman–Crippen LogP) is 4.10. The zero-order valence-electron chi connectivity index (χ0n) is 13.1. The molecule has 2 atom stereocenters. The number of carbonyl (C=O) groups excluding carboxylic acids is 1. The van der Waals surface area contributed by atoms with Gasteiger partial charge in [-0.25, -0.2) is 5.01 Å². The maximum Gasteiger partial charge on any atom is 0.289 e. The first-order valence-corrected chi connectivity index (χ1v) is 9.78. The Morgan fingerprint density at radius 3 is 2.88 bits per heavy atom. The molecule has 1 saturated heterocycles. The first kappa shape index (κ1) is 15.3. The van der Waals surface area contributed by atoms with E-state index < -0.39 is 5.85 Å². The normalized spacial score (nSPS) is 26.8. The van der Waals surface area contributed by atoms with Crippen molar-refractivity contribution < 1.29 is 9.53 Å². The zero-order chi connectivity index (χ0) is 17.0. The summed E-state index contributed by atoms with van der Waals surface area (Å²) in [7, 11) is 0. The van der Waals surface area contributed by atoms with Crippen molar-refractivity contribution in [2.75, 3.05) is 5.75 Å². The number of hydrazone groups is 1. The van der Waals surface area contributed by atoms with Crippen LogP contribution in [0.15, 0.2) is 58.1 Å². The molecular weight excluding hydrogens is 402 g/mol. The van der Waals surface area contributed by atoms with Crippen molar-refractivity contribution in [2.45, 2.75) is 18.3 Å². The van der Waals surface area contributed by atoms with Gasteiger partial charge in [0.05, 0.1) is 17.5 Å². The number of rotatable bonds is 1. The molecule has 1 spiro atoms. The summed E-state index contributed by atoms with van der Waals surface area (Å²) in [5.74, 6) is 0.393. The predicted molar refractivity (Wildman–Crippen MR) is 101 cm³/mol. The van der Waals surface area contributed by atoms with Crippen LogP contribution in [0.25, 0.3) is 0 Å². The van der Waals surface area contributed by atoms with Crippen molar-refractivity contribution in [2.24, 2.45) is 5.10 Å². The van der Waals surface area contributed by atoms with Crippen LogP contribution in [0, 0.1) is 0 Å². The van der Waals surface area contributed by atoms with Crippen molar-refractivity contribution in [1.29, 1.82) is 0 Å². The molecule has 0 bridgehead atoms. The lowest BCUT2D eigenvalue weighted by Gasteiger charge is -2.44. The first-order valence-electron chi connectivity index (χ1n) is 8.00. The Balaban J connectivity index is 1.63. The third kappa shape index (κ3) is 2.37. The number of hydrogen-bond acceptors (Lipinski definition) is 5. The van der Waals surface area contributed by atoms with Gasteiger partial charge in [0.1, 0.15) is 5.75 Å². The smallest absolute Gasteiger partial charge is 0.289 e. The van der Waals surface area contributed by atoms with Crippen LogP contribution in [0.4, 0.5) is 4.79 Å². The number of nitrogens with one attached hydrogen (secondary N) is 1. The van der Waals surface area contributed by atoms with Crippen LogP contribution in [-0.4, -0.2) is 27.6 Å². The highest BCUT2D eigenvalue weighted by atomic mass is 79.9. The molecule has 25 heavy (non-hydrogen) atoms. The number of fused-ring (bicyclic) bond motifs is 4. The number of carbonyl (C=O) groups is 1. The van der Waals surface area contributed by atoms with E-state index in [2.05, 4.69) is 39.4 Å². The average molecular weight is 416 g/mol. The largest absolute Gasteiger partial charge is 0.447 e. The van der Waals surface area contributed by atoms with E-state index in [-0.39, 0.29) is 11.3 Å². The van der Waals surface area contributed by atoms with E-state index in [9.17, 15) is 4.79 Å². The average Bonchev–Trinajstić information content (AvgIpc) is 3.22. The Morgan fingerprint density at radius 2 is 2.12 bits per heavy atom. The standard InChI is InChI=1S/C18H14BrN3O2S/c19-12-6-7-16-13(8-12)15-9-14(11-4-2-1-3-5-11)21-22(15)18(24-16)10-25-17(23)20-18/h1-8,15H,9-10H2,(H,20,23)/t15-,18+/m1/s1. The third-order valence-electron chi connectivity index (χ3n) is 4.69. The Hall–Kier alpha value is -1.99. The molecule has 1 fully saturated rings. The molecule has 1 amide bonds. The molecule has 2 aromatic carbocycles. The summed E-state index contributed by atoms with van der Waals surface area (Å²) in [4.78, 5) is 11.9. The maximum atomic E-state index is 11.9. The molecule has 0 saturated carbocycles. The van der Waals surface area contributed by atoms with Crippen LogP contribution in [0.5, 0.6) is 5.75 Å². The number of amides is 1. The van der Waals surface area contributed by atoms with Crippen LogP contribution in [0.1, 0.15) is 23.6 Å². The minimum Gasteiger partial charge on any atom is -0.447 e. The van der Waals surface area contributed by atoms with Gasteiger partial charge in [0.25, 0.3) is 11.1 Å². The van der Waals surface area contributed by atoms with Gasteiger partial charge in [-0.15, -0.1) is 0 Å². The van der Waals surface area contributed by atoms with Gasteiger partial charge in [-0.1, -0.05) is 58.0 Å². The van der Waals surface area contributed by atoms with Gasteiger partial charge in [0.15, 0.2) is 0 Å². The molecule has 3 aliphatic rings. The number of benzene rings is 2. The summed E-state index contributed by atoms with van der Waals surface area (Å²) in [6.45, 7) is 0. The first-order chi connectivity index (χ1) is 12.1. The third-order valence-corrected chi connectivity index (χ3v) is 6.09. The molecule has 2 aromatic rings. The van der Waals surface area contributed by atoms with E-state index in [0.29, 0.717) is 5.75 Å². The molecule has 0 unspecified atom stereocenters. The number of hydrogen-bond donors (Lipinski definition) is 1. The van der Waals surface area contributed by atoms with Gasteiger partial charge in [0.2, 0.25) is 0 Å². The molecule has 0 radical (unpaired) electrons. The highest BCUT2D eigenvalue weighted by molar-refractivity contribution is 9.10.